The van der Waals surface area contributed by atoms with Gasteiger partial charge in [-0.3, -0.25) is 9.59 Å². The minimum absolute atomic E-state index is 0.0364. The zero-order valence-electron chi connectivity index (χ0n) is 24.1. The van der Waals surface area contributed by atoms with Gasteiger partial charge in [-0.2, -0.15) is 10.5 Å². The van der Waals surface area contributed by atoms with Crippen molar-refractivity contribution in [3.8, 4) is 17.9 Å². The van der Waals surface area contributed by atoms with Crippen molar-refractivity contribution in [2.75, 3.05) is 19.7 Å². The number of nitrogens with zero attached hydrogens (tertiary/aromatic N) is 4. The van der Waals surface area contributed by atoms with Crippen molar-refractivity contribution in [3.05, 3.63) is 52.8 Å². The second-order valence-corrected chi connectivity index (χ2v) is 10.7. The van der Waals surface area contributed by atoms with Crippen molar-refractivity contribution >= 4 is 11.7 Å². The minimum atomic E-state index is -0.451. The van der Waals surface area contributed by atoms with Crippen LogP contribution in [0, 0.1) is 35.0 Å². The summed E-state index contributed by atoms with van der Waals surface area (Å²) in [7, 11) is 0. The van der Waals surface area contributed by atoms with Gasteiger partial charge in [0.25, 0.3) is 5.91 Å². The molecule has 0 bridgehead atoms. The van der Waals surface area contributed by atoms with Gasteiger partial charge in [0, 0.05) is 36.2 Å². The van der Waals surface area contributed by atoms with E-state index in [9.17, 15) is 9.59 Å². The Bertz CT molecular complexity index is 1190. The van der Waals surface area contributed by atoms with Crippen molar-refractivity contribution in [2.45, 2.75) is 86.1 Å². The van der Waals surface area contributed by atoms with Crippen molar-refractivity contribution < 1.29 is 14.3 Å². The lowest BCUT2D eigenvalue weighted by Crippen LogP contribution is -2.35. The summed E-state index contributed by atoms with van der Waals surface area (Å²) >= 11 is 0. The smallest absolute Gasteiger partial charge is 0.270 e. The van der Waals surface area contributed by atoms with Crippen LogP contribution in [-0.2, 0) is 16.8 Å². The van der Waals surface area contributed by atoms with E-state index in [-0.39, 0.29) is 36.6 Å². The molecule has 0 saturated heterocycles. The molecule has 204 valence electrons. The number of rotatable bonds is 13. The molecule has 0 aliphatic rings. The molecule has 1 amide bonds. The molecule has 1 heterocycles. The van der Waals surface area contributed by atoms with Gasteiger partial charge < -0.3 is 14.2 Å². The molecule has 0 saturated carbocycles. The van der Waals surface area contributed by atoms with Gasteiger partial charge in [0.15, 0.2) is 5.78 Å². The topological polar surface area (TPSA) is 99.1 Å². The van der Waals surface area contributed by atoms with Crippen molar-refractivity contribution in [2.24, 2.45) is 5.41 Å². The highest BCUT2D eigenvalue weighted by atomic mass is 16.5. The number of benzene rings is 1. The number of carbonyl (C=O) groups is 2. The predicted octanol–water partition coefficient (Wildman–Crippen LogP) is 6.19. The van der Waals surface area contributed by atoms with Gasteiger partial charge in [0.1, 0.15) is 18.1 Å². The van der Waals surface area contributed by atoms with E-state index in [1.807, 2.05) is 52.8 Å². The third-order valence-electron chi connectivity index (χ3n) is 7.41. The van der Waals surface area contributed by atoms with Gasteiger partial charge >= 0.3 is 0 Å². The molecule has 0 atom stereocenters. The Morgan fingerprint density at radius 1 is 0.974 bits per heavy atom. The van der Waals surface area contributed by atoms with Gasteiger partial charge in [0.05, 0.1) is 25.0 Å². The summed E-state index contributed by atoms with van der Waals surface area (Å²) in [5.41, 5.74) is 2.94. The van der Waals surface area contributed by atoms with Crippen LogP contribution in [0.25, 0.3) is 0 Å². The third kappa shape index (κ3) is 6.64. The summed E-state index contributed by atoms with van der Waals surface area (Å²) in [4.78, 5) is 27.5. The minimum Gasteiger partial charge on any atom is -0.486 e. The van der Waals surface area contributed by atoms with E-state index in [2.05, 4.69) is 42.7 Å². The fraction of sp³-hybridized carbons (Fsp3) is 0.548. The summed E-state index contributed by atoms with van der Waals surface area (Å²) in [5.74, 6) is 0.585. The average Bonchev–Trinajstić information content (AvgIpc) is 3.32. The second kappa shape index (κ2) is 13.3. The molecule has 7 heteroatoms. The van der Waals surface area contributed by atoms with Crippen LogP contribution in [0.1, 0.15) is 94.5 Å². The molecular formula is C31H42N4O3. The van der Waals surface area contributed by atoms with Crippen LogP contribution in [0.4, 0.5) is 0 Å². The Labute approximate surface area is 228 Å². The van der Waals surface area contributed by atoms with E-state index in [0.29, 0.717) is 31.1 Å². The molecule has 0 aliphatic heterocycles. The summed E-state index contributed by atoms with van der Waals surface area (Å²) in [5, 5.41) is 18.1. The average molecular weight is 519 g/mol. The molecule has 0 fully saturated rings. The molecule has 7 nitrogen and oxygen atoms in total. The SMILES string of the molecule is CCn1c(C(=O)N(CCC#N)CCC#N)ccc1C(CC)(CC)c1ccc(OCC(=O)C(C)(C)C)c(C)c1. The summed E-state index contributed by atoms with van der Waals surface area (Å²) in [6.45, 7) is 15.3. The Morgan fingerprint density at radius 2 is 1.58 bits per heavy atom. The Hall–Kier alpha value is -3.58. The van der Waals surface area contributed by atoms with E-state index >= 15 is 0 Å². The van der Waals surface area contributed by atoms with Crippen molar-refractivity contribution in [1.82, 2.24) is 9.47 Å². The highest BCUT2D eigenvalue weighted by molar-refractivity contribution is 5.93. The molecule has 0 aliphatic carbocycles. The first-order chi connectivity index (χ1) is 18.0. The largest absolute Gasteiger partial charge is 0.486 e. The number of aryl methyl sites for hydroxylation is 1. The maximum atomic E-state index is 13.5. The van der Waals surface area contributed by atoms with Crippen molar-refractivity contribution in [3.63, 3.8) is 0 Å². The number of carbonyl (C=O) groups excluding carboxylic acids is 2. The lowest BCUT2D eigenvalue weighted by atomic mass is 9.72. The Kier molecular flexibility index (Phi) is 10.7. The van der Waals surface area contributed by atoms with Gasteiger partial charge in [0.2, 0.25) is 0 Å². The van der Waals surface area contributed by atoms with Gasteiger partial charge in [-0.1, -0.05) is 46.8 Å². The Morgan fingerprint density at radius 3 is 2.05 bits per heavy atom. The van der Waals surface area contributed by atoms with Crippen LogP contribution >= 0.6 is 0 Å². The summed E-state index contributed by atoms with van der Waals surface area (Å²) < 4.78 is 7.96. The van der Waals surface area contributed by atoms with Crippen LogP contribution in [0.3, 0.4) is 0 Å². The van der Waals surface area contributed by atoms with E-state index in [0.717, 1.165) is 29.7 Å². The van der Waals surface area contributed by atoms with E-state index in [1.165, 1.54) is 0 Å². The standard InChI is InChI=1S/C31H42N4O3/c1-8-31(9-2,24-13-15-26(23(4)21-24)38-22-28(36)30(5,6)7)27-16-14-25(35(27)10-3)29(37)34(19-11-17-32)20-12-18-33/h13-16,21H,8-12,19-20,22H2,1-7H3. The van der Waals surface area contributed by atoms with Gasteiger partial charge in [-0.15, -0.1) is 0 Å². The molecule has 2 rings (SSSR count). The quantitative estimate of drug-likeness (QED) is 0.315. The number of aromatic nitrogens is 1. The number of ketones is 1. The molecule has 0 spiro atoms. The molecule has 1 aromatic heterocycles. The molecule has 0 radical (unpaired) electrons. The molecule has 38 heavy (non-hydrogen) atoms. The van der Waals surface area contributed by atoms with Crippen LogP contribution in [0.5, 0.6) is 5.75 Å². The summed E-state index contributed by atoms with van der Waals surface area (Å²) in [6.07, 6.45) is 2.10. The number of ether oxygens (including phenoxy) is 1. The fourth-order valence-electron chi connectivity index (χ4n) is 4.90. The zero-order chi connectivity index (χ0) is 28.5. The van der Waals surface area contributed by atoms with Gasteiger partial charge in [-0.25, -0.2) is 0 Å². The van der Waals surface area contributed by atoms with E-state index in [1.54, 1.807) is 4.90 Å². The van der Waals surface area contributed by atoms with Crippen molar-refractivity contribution in [1.29, 1.82) is 10.5 Å². The highest BCUT2D eigenvalue weighted by Gasteiger charge is 2.35. The number of nitriles is 2. The fourth-order valence-corrected chi connectivity index (χ4v) is 4.90. The van der Waals surface area contributed by atoms with Crippen LogP contribution in [0.15, 0.2) is 30.3 Å². The summed E-state index contributed by atoms with van der Waals surface area (Å²) in [6, 6.07) is 14.2. The van der Waals surface area contributed by atoms with Gasteiger partial charge in [-0.05, 0) is 56.0 Å². The van der Waals surface area contributed by atoms with Crippen LogP contribution < -0.4 is 4.74 Å². The lowest BCUT2D eigenvalue weighted by Gasteiger charge is -2.35. The first-order valence-corrected chi connectivity index (χ1v) is 13.5. The molecule has 0 unspecified atom stereocenters. The third-order valence-corrected chi connectivity index (χ3v) is 7.41. The lowest BCUT2D eigenvalue weighted by molar-refractivity contribution is -0.128. The first-order valence-electron chi connectivity index (χ1n) is 13.5. The van der Waals surface area contributed by atoms with E-state index < -0.39 is 5.41 Å². The van der Waals surface area contributed by atoms with E-state index in [4.69, 9.17) is 15.3 Å². The molecule has 1 aromatic carbocycles. The molecule has 2 aromatic rings. The number of Topliss-reactive ketones (excluding diaryl/α,β-unsaturated/α-hetero) is 1. The van der Waals surface area contributed by atoms with Crippen LogP contribution in [-0.4, -0.2) is 40.9 Å². The highest BCUT2D eigenvalue weighted by Crippen LogP contribution is 2.41. The second-order valence-electron chi connectivity index (χ2n) is 10.7. The number of hydrogen-bond acceptors (Lipinski definition) is 5. The maximum absolute atomic E-state index is 13.5. The Balaban J connectivity index is 2.48. The normalized spacial score (nSPS) is 11.5. The predicted molar refractivity (Wildman–Crippen MR) is 149 cm³/mol. The zero-order valence-corrected chi connectivity index (χ0v) is 24.1. The first kappa shape index (κ1) is 30.6. The van der Waals surface area contributed by atoms with Crippen LogP contribution in [0.2, 0.25) is 0 Å². The maximum Gasteiger partial charge on any atom is 0.270 e. The monoisotopic (exact) mass is 518 g/mol. The molecule has 0 N–H and O–H groups in total. The number of amides is 1. The molecular weight excluding hydrogens is 476 g/mol. The number of hydrogen-bond donors (Lipinski definition) is 0.